The molecule has 0 aliphatic rings. The molecular weight excluding hydrogens is 352 g/mol. The summed E-state index contributed by atoms with van der Waals surface area (Å²) in [5.74, 6) is -0.0167. The molecule has 0 spiro atoms. The van der Waals surface area contributed by atoms with Gasteiger partial charge in [0.1, 0.15) is 0 Å². The molecule has 2 aromatic rings. The fourth-order valence-electron chi connectivity index (χ4n) is 3.06. The molecule has 0 aromatic heterocycles. The van der Waals surface area contributed by atoms with Gasteiger partial charge in [-0.05, 0) is 49.6 Å². The first-order chi connectivity index (χ1) is 13.4. The predicted octanol–water partition coefficient (Wildman–Crippen LogP) is 4.27. The Morgan fingerprint density at radius 2 is 1.46 bits per heavy atom. The normalized spacial score (nSPS) is 12.1. The highest BCUT2D eigenvalue weighted by atomic mass is 16.2. The summed E-state index contributed by atoms with van der Waals surface area (Å²) in [6.07, 6.45) is 1.41. The van der Waals surface area contributed by atoms with E-state index in [1.807, 2.05) is 75.4 Å². The summed E-state index contributed by atoms with van der Waals surface area (Å²) in [6, 6.07) is 16.2. The molecule has 150 valence electrons. The summed E-state index contributed by atoms with van der Waals surface area (Å²) >= 11 is 0. The SMILES string of the molecule is CCC(CC)(CN)C(=O)NC(C)c1ccc(NC(=O)Nc2ccccc2)cc1. The largest absolute Gasteiger partial charge is 0.349 e. The van der Waals surface area contributed by atoms with Crippen LogP contribution >= 0.6 is 0 Å². The van der Waals surface area contributed by atoms with Gasteiger partial charge in [0.15, 0.2) is 0 Å². The van der Waals surface area contributed by atoms with Crippen molar-refractivity contribution in [3.05, 3.63) is 60.2 Å². The molecule has 3 amide bonds. The van der Waals surface area contributed by atoms with Crippen molar-refractivity contribution in [3.8, 4) is 0 Å². The lowest BCUT2D eigenvalue weighted by Gasteiger charge is -2.30. The lowest BCUT2D eigenvalue weighted by Crippen LogP contribution is -2.46. The van der Waals surface area contributed by atoms with Crippen LogP contribution < -0.4 is 21.7 Å². The van der Waals surface area contributed by atoms with Gasteiger partial charge in [-0.3, -0.25) is 4.79 Å². The van der Waals surface area contributed by atoms with Crippen molar-refractivity contribution < 1.29 is 9.59 Å². The summed E-state index contributed by atoms with van der Waals surface area (Å²) < 4.78 is 0. The van der Waals surface area contributed by atoms with E-state index in [2.05, 4.69) is 16.0 Å². The molecule has 2 aromatic carbocycles. The first kappa shape index (κ1) is 21.4. The molecule has 0 radical (unpaired) electrons. The summed E-state index contributed by atoms with van der Waals surface area (Å²) in [6.45, 7) is 6.25. The molecule has 0 saturated heterocycles. The van der Waals surface area contributed by atoms with Gasteiger partial charge in [0.2, 0.25) is 5.91 Å². The van der Waals surface area contributed by atoms with Gasteiger partial charge in [0.05, 0.1) is 11.5 Å². The van der Waals surface area contributed by atoms with Crippen molar-refractivity contribution >= 4 is 23.3 Å². The zero-order chi connectivity index (χ0) is 20.6. The number of carbonyl (C=O) groups is 2. The number of carbonyl (C=O) groups excluding carboxylic acids is 2. The van der Waals surface area contributed by atoms with Crippen molar-refractivity contribution in [1.29, 1.82) is 0 Å². The van der Waals surface area contributed by atoms with Gasteiger partial charge in [-0.2, -0.15) is 0 Å². The Balaban J connectivity index is 1.96. The van der Waals surface area contributed by atoms with Gasteiger partial charge in [-0.25, -0.2) is 4.79 Å². The maximum atomic E-state index is 12.7. The number of nitrogens with two attached hydrogens (primary N) is 1. The van der Waals surface area contributed by atoms with E-state index < -0.39 is 5.41 Å². The van der Waals surface area contributed by atoms with Gasteiger partial charge in [0.25, 0.3) is 0 Å². The quantitative estimate of drug-likeness (QED) is 0.549. The van der Waals surface area contributed by atoms with Crippen molar-refractivity contribution in [3.63, 3.8) is 0 Å². The van der Waals surface area contributed by atoms with Gasteiger partial charge >= 0.3 is 6.03 Å². The maximum Gasteiger partial charge on any atom is 0.323 e. The highest BCUT2D eigenvalue weighted by Gasteiger charge is 2.34. The predicted molar refractivity (Wildman–Crippen MR) is 114 cm³/mol. The number of amides is 3. The summed E-state index contributed by atoms with van der Waals surface area (Å²) in [5, 5.41) is 8.63. The Morgan fingerprint density at radius 3 is 1.96 bits per heavy atom. The molecule has 1 unspecified atom stereocenters. The van der Waals surface area contributed by atoms with E-state index in [4.69, 9.17) is 5.73 Å². The second-order valence-electron chi connectivity index (χ2n) is 6.95. The van der Waals surface area contributed by atoms with Crippen molar-refractivity contribution in [2.45, 2.75) is 39.7 Å². The summed E-state index contributed by atoms with van der Waals surface area (Å²) in [4.78, 5) is 24.7. The van der Waals surface area contributed by atoms with E-state index in [9.17, 15) is 9.59 Å². The first-order valence-corrected chi connectivity index (χ1v) is 9.68. The zero-order valence-electron chi connectivity index (χ0n) is 16.8. The molecule has 0 aliphatic heterocycles. The van der Waals surface area contributed by atoms with Crippen molar-refractivity contribution in [2.24, 2.45) is 11.1 Å². The molecule has 0 fully saturated rings. The third-order valence-electron chi connectivity index (χ3n) is 5.27. The third kappa shape index (κ3) is 5.33. The monoisotopic (exact) mass is 382 g/mol. The molecule has 0 heterocycles. The number of urea groups is 1. The minimum absolute atomic E-state index is 0.0167. The van der Waals surface area contributed by atoms with Crippen LogP contribution in [0.1, 0.15) is 45.2 Å². The van der Waals surface area contributed by atoms with E-state index in [1.165, 1.54) is 0 Å². The van der Waals surface area contributed by atoms with E-state index in [0.29, 0.717) is 25.1 Å². The lowest BCUT2D eigenvalue weighted by molar-refractivity contribution is -0.131. The Morgan fingerprint density at radius 1 is 0.929 bits per heavy atom. The minimum atomic E-state index is -0.523. The van der Waals surface area contributed by atoms with Gasteiger partial charge in [-0.1, -0.05) is 44.2 Å². The van der Waals surface area contributed by atoms with Gasteiger partial charge in [0, 0.05) is 17.9 Å². The first-order valence-electron chi connectivity index (χ1n) is 9.68. The fourth-order valence-corrected chi connectivity index (χ4v) is 3.06. The van der Waals surface area contributed by atoms with Crippen LogP contribution in [0.25, 0.3) is 0 Å². The molecule has 0 saturated carbocycles. The minimum Gasteiger partial charge on any atom is -0.349 e. The number of hydrogen-bond acceptors (Lipinski definition) is 3. The lowest BCUT2D eigenvalue weighted by atomic mass is 9.81. The Kier molecular flexibility index (Phi) is 7.58. The van der Waals surface area contributed by atoms with Crippen LogP contribution in [-0.2, 0) is 4.79 Å². The van der Waals surface area contributed by atoms with E-state index in [1.54, 1.807) is 0 Å². The van der Waals surface area contributed by atoms with Crippen LogP contribution in [0.15, 0.2) is 54.6 Å². The third-order valence-corrected chi connectivity index (χ3v) is 5.27. The molecule has 6 heteroatoms. The average Bonchev–Trinajstić information content (AvgIpc) is 2.71. The number of hydrogen-bond donors (Lipinski definition) is 4. The molecule has 5 N–H and O–H groups in total. The number of nitrogens with one attached hydrogen (secondary N) is 3. The second-order valence-corrected chi connectivity index (χ2v) is 6.95. The summed E-state index contributed by atoms with van der Waals surface area (Å²) in [7, 11) is 0. The Labute approximate surface area is 166 Å². The van der Waals surface area contributed by atoms with E-state index in [0.717, 1.165) is 11.3 Å². The number of para-hydroxylation sites is 1. The highest BCUT2D eigenvalue weighted by Crippen LogP contribution is 2.27. The molecule has 28 heavy (non-hydrogen) atoms. The molecular formula is C22H30N4O2. The second kappa shape index (κ2) is 9.90. The molecule has 6 nitrogen and oxygen atoms in total. The number of anilines is 2. The smallest absolute Gasteiger partial charge is 0.323 e. The zero-order valence-corrected chi connectivity index (χ0v) is 16.8. The van der Waals surface area contributed by atoms with Crippen molar-refractivity contribution in [1.82, 2.24) is 5.32 Å². The topological polar surface area (TPSA) is 96.2 Å². The van der Waals surface area contributed by atoms with Crippen LogP contribution in [0.2, 0.25) is 0 Å². The number of rotatable bonds is 8. The molecule has 0 aliphatic carbocycles. The van der Waals surface area contributed by atoms with Gasteiger partial charge in [-0.15, -0.1) is 0 Å². The van der Waals surface area contributed by atoms with Crippen LogP contribution in [0.4, 0.5) is 16.2 Å². The van der Waals surface area contributed by atoms with Crippen molar-refractivity contribution in [2.75, 3.05) is 17.2 Å². The van der Waals surface area contributed by atoms with E-state index >= 15 is 0 Å². The van der Waals surface area contributed by atoms with E-state index in [-0.39, 0.29) is 18.0 Å². The average molecular weight is 383 g/mol. The highest BCUT2D eigenvalue weighted by molar-refractivity contribution is 5.99. The van der Waals surface area contributed by atoms with Gasteiger partial charge < -0.3 is 21.7 Å². The summed E-state index contributed by atoms with van der Waals surface area (Å²) in [5.41, 5.74) is 7.70. The number of benzene rings is 2. The maximum absolute atomic E-state index is 12.7. The molecule has 1 atom stereocenters. The molecule has 0 bridgehead atoms. The Hall–Kier alpha value is -2.86. The Bertz CT molecular complexity index is 763. The van der Waals surface area contributed by atoms with Crippen LogP contribution in [0.5, 0.6) is 0 Å². The fraction of sp³-hybridized carbons (Fsp3) is 0.364. The standard InChI is InChI=1S/C22H30N4O2/c1-4-22(5-2,15-23)20(27)24-16(3)17-11-13-19(14-12-17)26-21(28)25-18-9-7-6-8-10-18/h6-14,16H,4-5,15,23H2,1-3H3,(H,24,27)(H2,25,26,28). The van der Waals surface area contributed by atoms with Crippen LogP contribution in [0, 0.1) is 5.41 Å². The molecule has 2 rings (SSSR count). The van der Waals surface area contributed by atoms with Crippen LogP contribution in [-0.4, -0.2) is 18.5 Å². The van der Waals surface area contributed by atoms with Crippen LogP contribution in [0.3, 0.4) is 0 Å².